The maximum Gasteiger partial charge on any atom is 0.490 e. The lowest BCUT2D eigenvalue weighted by molar-refractivity contribution is -0.192. The Bertz CT molecular complexity index is 974. The number of hydrogen-bond donors (Lipinski definition) is 2. The van der Waals surface area contributed by atoms with Crippen molar-refractivity contribution in [2.75, 3.05) is 13.1 Å². The van der Waals surface area contributed by atoms with Gasteiger partial charge in [0.25, 0.3) is 0 Å². The first-order valence-electron chi connectivity index (χ1n) is 9.73. The number of aliphatic hydroxyl groups is 1. The molecule has 1 fully saturated rings. The second-order valence-corrected chi connectivity index (χ2v) is 7.36. The molecule has 4 rings (SSSR count). The number of rotatable bonds is 4. The molecule has 0 aliphatic carbocycles. The van der Waals surface area contributed by atoms with Crippen molar-refractivity contribution in [1.82, 2.24) is 19.9 Å². The molecule has 3 aromatic rings. The molecule has 3 heterocycles. The molecule has 1 aromatic carbocycles. The number of hydrogen-bond acceptors (Lipinski definition) is 6. The fourth-order valence-electron chi connectivity index (χ4n) is 3.34. The van der Waals surface area contributed by atoms with E-state index in [1.807, 2.05) is 29.1 Å². The smallest absolute Gasteiger partial charge is 0.475 e. The Morgan fingerprint density at radius 2 is 1.94 bits per heavy atom. The quantitative estimate of drug-likeness (QED) is 0.639. The predicted molar refractivity (Wildman–Crippen MR) is 104 cm³/mol. The molecule has 1 aliphatic heterocycles. The summed E-state index contributed by atoms with van der Waals surface area (Å²) in [5, 5.41) is 26.1. The molecule has 1 atom stereocenters. The zero-order valence-corrected chi connectivity index (χ0v) is 16.8. The molecule has 8 nitrogen and oxygen atoms in total. The zero-order chi connectivity index (χ0) is 22.6. The number of carboxylic acids is 1. The van der Waals surface area contributed by atoms with Gasteiger partial charge in [-0.3, -0.25) is 4.90 Å². The number of carboxylic acid groups (broad SMARTS) is 1. The van der Waals surface area contributed by atoms with Crippen LogP contribution in [-0.4, -0.2) is 55.3 Å². The van der Waals surface area contributed by atoms with E-state index in [2.05, 4.69) is 27.3 Å². The Balaban J connectivity index is 0.000000339. The van der Waals surface area contributed by atoms with Crippen LogP contribution in [0, 0.1) is 0 Å². The van der Waals surface area contributed by atoms with Crippen LogP contribution in [0.4, 0.5) is 13.2 Å². The normalized spacial score (nSPS) is 16.7. The topological polar surface area (TPSA) is 105 Å². The first kappa shape index (κ1) is 22.8. The number of piperidine rings is 1. The van der Waals surface area contributed by atoms with E-state index in [0.29, 0.717) is 11.7 Å². The number of carbonyl (C=O) groups is 1. The fraction of sp³-hybridized carbons (Fsp3) is 0.450. The van der Waals surface area contributed by atoms with Gasteiger partial charge in [-0.25, -0.2) is 9.48 Å². The largest absolute Gasteiger partial charge is 0.490 e. The van der Waals surface area contributed by atoms with E-state index in [1.54, 1.807) is 6.92 Å². The number of aliphatic hydroxyl groups excluding tert-OH is 1. The fourth-order valence-corrected chi connectivity index (χ4v) is 3.34. The van der Waals surface area contributed by atoms with Crippen LogP contribution >= 0.6 is 0 Å². The molecule has 2 N–H and O–H groups in total. The first-order chi connectivity index (χ1) is 14.6. The van der Waals surface area contributed by atoms with E-state index in [9.17, 15) is 18.3 Å². The summed E-state index contributed by atoms with van der Waals surface area (Å²) < 4.78 is 39.6. The lowest BCUT2D eigenvalue weighted by Gasteiger charge is -2.31. The van der Waals surface area contributed by atoms with Crippen LogP contribution in [0.15, 0.2) is 40.9 Å². The predicted octanol–water partition coefficient (Wildman–Crippen LogP) is 3.55. The van der Waals surface area contributed by atoms with Crippen LogP contribution in [0.25, 0.3) is 11.0 Å². The number of benzene rings is 1. The number of furan rings is 1. The van der Waals surface area contributed by atoms with Crippen LogP contribution in [-0.2, 0) is 11.3 Å². The number of para-hydroxylation sites is 1. The number of aliphatic carboxylic acids is 1. The van der Waals surface area contributed by atoms with Crippen molar-refractivity contribution in [2.45, 2.75) is 44.6 Å². The Labute approximate surface area is 175 Å². The van der Waals surface area contributed by atoms with E-state index < -0.39 is 18.2 Å². The molecule has 0 saturated carbocycles. The van der Waals surface area contributed by atoms with Crippen molar-refractivity contribution < 1.29 is 32.6 Å². The average molecular weight is 440 g/mol. The van der Waals surface area contributed by atoms with Gasteiger partial charge in [0.2, 0.25) is 0 Å². The average Bonchev–Trinajstić information content (AvgIpc) is 3.35. The maximum absolute atomic E-state index is 10.6. The summed E-state index contributed by atoms with van der Waals surface area (Å²) in [6.07, 6.45) is -1.72. The van der Waals surface area contributed by atoms with E-state index in [4.69, 9.17) is 14.3 Å². The lowest BCUT2D eigenvalue weighted by Crippen LogP contribution is -2.34. The molecule has 1 aliphatic rings. The summed E-state index contributed by atoms with van der Waals surface area (Å²) in [6, 6.07) is 10.6. The number of nitrogens with zero attached hydrogens (tertiary/aromatic N) is 4. The third-order valence-electron chi connectivity index (χ3n) is 4.99. The van der Waals surface area contributed by atoms with E-state index in [-0.39, 0.29) is 0 Å². The summed E-state index contributed by atoms with van der Waals surface area (Å²) in [6.45, 7) is 4.57. The molecule has 2 aromatic heterocycles. The van der Waals surface area contributed by atoms with Gasteiger partial charge in [-0.05, 0) is 31.9 Å². The summed E-state index contributed by atoms with van der Waals surface area (Å²) >= 11 is 0. The van der Waals surface area contributed by atoms with E-state index in [0.717, 1.165) is 49.2 Å². The van der Waals surface area contributed by atoms with Crippen LogP contribution in [0.3, 0.4) is 0 Å². The second-order valence-electron chi connectivity index (χ2n) is 7.36. The second kappa shape index (κ2) is 9.48. The van der Waals surface area contributed by atoms with Gasteiger partial charge in [0.05, 0.1) is 24.9 Å². The highest BCUT2D eigenvalue weighted by Gasteiger charge is 2.38. The zero-order valence-electron chi connectivity index (χ0n) is 16.8. The van der Waals surface area contributed by atoms with Crippen LogP contribution in [0.2, 0.25) is 0 Å². The van der Waals surface area contributed by atoms with Gasteiger partial charge in [-0.15, -0.1) is 5.10 Å². The molecule has 31 heavy (non-hydrogen) atoms. The molecule has 1 saturated heterocycles. The molecule has 168 valence electrons. The molecular formula is C20H23F3N4O4. The molecule has 1 unspecified atom stereocenters. The number of alkyl halides is 3. The van der Waals surface area contributed by atoms with Crippen molar-refractivity contribution in [3.8, 4) is 0 Å². The summed E-state index contributed by atoms with van der Waals surface area (Å²) in [5.41, 5.74) is 1.59. The minimum Gasteiger partial charge on any atom is -0.475 e. The van der Waals surface area contributed by atoms with Gasteiger partial charge in [0.15, 0.2) is 0 Å². The number of halogens is 3. The van der Waals surface area contributed by atoms with Gasteiger partial charge >= 0.3 is 12.1 Å². The summed E-state index contributed by atoms with van der Waals surface area (Å²) in [4.78, 5) is 11.3. The third-order valence-corrected chi connectivity index (χ3v) is 4.99. The Hall–Kier alpha value is -2.92. The Morgan fingerprint density at radius 3 is 2.48 bits per heavy atom. The monoisotopic (exact) mass is 440 g/mol. The number of fused-ring (bicyclic) bond motifs is 1. The molecular weight excluding hydrogens is 417 g/mol. The van der Waals surface area contributed by atoms with Gasteiger partial charge in [0.1, 0.15) is 17.0 Å². The highest BCUT2D eigenvalue weighted by Crippen LogP contribution is 2.25. The van der Waals surface area contributed by atoms with Crippen LogP contribution in [0.1, 0.15) is 43.4 Å². The summed E-state index contributed by atoms with van der Waals surface area (Å²) in [7, 11) is 0. The molecule has 0 bridgehead atoms. The highest BCUT2D eigenvalue weighted by atomic mass is 19.4. The molecule has 0 radical (unpaired) electrons. The van der Waals surface area contributed by atoms with Crippen molar-refractivity contribution in [3.63, 3.8) is 0 Å². The SMILES string of the molecule is CC(O)c1cn(C2CCN(Cc3cc4ccccc4o3)CC2)nn1.O=C(O)C(F)(F)F. The number of aromatic nitrogens is 3. The molecule has 0 spiro atoms. The Kier molecular flexibility index (Phi) is 6.96. The van der Waals surface area contributed by atoms with Crippen LogP contribution in [0.5, 0.6) is 0 Å². The van der Waals surface area contributed by atoms with Crippen molar-refractivity contribution >= 4 is 16.9 Å². The highest BCUT2D eigenvalue weighted by molar-refractivity contribution is 5.77. The van der Waals surface area contributed by atoms with Crippen molar-refractivity contribution in [2.24, 2.45) is 0 Å². The maximum atomic E-state index is 10.6. The van der Waals surface area contributed by atoms with Crippen molar-refractivity contribution in [1.29, 1.82) is 0 Å². The van der Waals surface area contributed by atoms with Gasteiger partial charge < -0.3 is 14.6 Å². The summed E-state index contributed by atoms with van der Waals surface area (Å²) in [5.74, 6) is -1.74. The minimum atomic E-state index is -5.08. The minimum absolute atomic E-state index is 0.358. The standard InChI is InChI=1S/C18H22N4O2.C2HF3O2/c1-13(23)17-12-22(20-19-17)15-6-8-21(9-7-15)11-16-10-14-4-2-3-5-18(14)24-16;3-2(4,5)1(6)7/h2-5,10,12-13,15,23H,6-9,11H2,1H3;(H,6,7). The van der Waals surface area contributed by atoms with Crippen LogP contribution < -0.4 is 0 Å². The van der Waals surface area contributed by atoms with Gasteiger partial charge in [-0.1, -0.05) is 23.4 Å². The lowest BCUT2D eigenvalue weighted by atomic mass is 10.1. The third kappa shape index (κ3) is 6.05. The van der Waals surface area contributed by atoms with Gasteiger partial charge in [0, 0.05) is 18.5 Å². The first-order valence-corrected chi connectivity index (χ1v) is 9.73. The number of likely N-dealkylation sites (tertiary alicyclic amines) is 1. The molecule has 11 heteroatoms. The van der Waals surface area contributed by atoms with E-state index >= 15 is 0 Å². The van der Waals surface area contributed by atoms with Crippen molar-refractivity contribution in [3.05, 3.63) is 48.0 Å². The Morgan fingerprint density at radius 1 is 1.29 bits per heavy atom. The van der Waals surface area contributed by atoms with Gasteiger partial charge in [-0.2, -0.15) is 13.2 Å². The molecule has 0 amide bonds. The van der Waals surface area contributed by atoms with E-state index in [1.165, 1.54) is 0 Å².